The molecule has 0 bridgehead atoms. The molecule has 0 aliphatic rings. The van der Waals surface area contributed by atoms with Crippen LogP contribution in [-0.2, 0) is 4.79 Å². The first kappa shape index (κ1) is 13.1. The molecular weight excluding hydrogens is 242 g/mol. The maximum absolute atomic E-state index is 11.9. The number of hydrogen-bond acceptors (Lipinski definition) is 2. The average molecular weight is 259 g/mol. The number of hydrogen-bond donors (Lipinski definition) is 2. The predicted molar refractivity (Wildman–Crippen MR) is 73.9 cm³/mol. The fourth-order valence-corrected chi connectivity index (χ4v) is 1.76. The Morgan fingerprint density at radius 3 is 2.84 bits per heavy atom. The molecule has 2 amide bonds. The molecule has 0 aliphatic carbocycles. The smallest absolute Gasteiger partial charge is 0.251 e. The van der Waals surface area contributed by atoms with E-state index in [0.29, 0.717) is 12.1 Å². The lowest BCUT2D eigenvalue weighted by atomic mass is 10.1. The number of nitrogens with zero attached hydrogens (tertiary/aromatic N) is 1. The first-order valence-electron chi connectivity index (χ1n) is 6.21. The van der Waals surface area contributed by atoms with Crippen LogP contribution in [0.3, 0.4) is 0 Å². The fraction of sp³-hybridized carbons (Fsp3) is 0.286. The number of nitrogens with one attached hydrogen (secondary N) is 2. The molecule has 19 heavy (non-hydrogen) atoms. The van der Waals surface area contributed by atoms with Gasteiger partial charge in [0.2, 0.25) is 5.91 Å². The molecule has 2 rings (SSSR count). The zero-order chi connectivity index (χ0) is 13.8. The number of likely N-dealkylation sites (N-methyl/N-ethyl adjacent to an activating group) is 1. The first-order chi connectivity index (χ1) is 9.11. The number of rotatable bonds is 4. The second-order valence-electron chi connectivity index (χ2n) is 4.37. The van der Waals surface area contributed by atoms with Crippen molar-refractivity contribution in [3.05, 3.63) is 36.0 Å². The minimum Gasteiger partial charge on any atom is -0.361 e. The summed E-state index contributed by atoms with van der Waals surface area (Å²) >= 11 is 0. The number of benzene rings is 1. The lowest BCUT2D eigenvalue weighted by Gasteiger charge is -2.14. The molecule has 0 saturated heterocycles. The molecule has 100 valence electrons. The third-order valence-electron chi connectivity index (χ3n) is 3.12. The van der Waals surface area contributed by atoms with Crippen molar-refractivity contribution < 1.29 is 9.59 Å². The Bertz CT molecular complexity index is 604. The van der Waals surface area contributed by atoms with Crippen molar-refractivity contribution in [2.75, 3.05) is 20.1 Å². The molecule has 5 nitrogen and oxygen atoms in total. The van der Waals surface area contributed by atoms with Crippen molar-refractivity contribution in [2.45, 2.75) is 6.92 Å². The van der Waals surface area contributed by atoms with Gasteiger partial charge in [0.05, 0.1) is 6.54 Å². The zero-order valence-corrected chi connectivity index (χ0v) is 11.1. The summed E-state index contributed by atoms with van der Waals surface area (Å²) in [6.07, 6.45) is 1.83. The highest BCUT2D eigenvalue weighted by atomic mass is 16.2. The van der Waals surface area contributed by atoms with E-state index in [9.17, 15) is 9.59 Å². The van der Waals surface area contributed by atoms with Crippen molar-refractivity contribution in [2.24, 2.45) is 0 Å². The van der Waals surface area contributed by atoms with Crippen LogP contribution in [0.4, 0.5) is 0 Å². The topological polar surface area (TPSA) is 65.2 Å². The summed E-state index contributed by atoms with van der Waals surface area (Å²) in [5.41, 5.74) is 1.45. The summed E-state index contributed by atoms with van der Waals surface area (Å²) < 4.78 is 0. The molecule has 0 saturated carbocycles. The second kappa shape index (κ2) is 5.56. The second-order valence-corrected chi connectivity index (χ2v) is 4.37. The van der Waals surface area contributed by atoms with Crippen LogP contribution in [0.15, 0.2) is 30.5 Å². The van der Waals surface area contributed by atoms with E-state index in [2.05, 4.69) is 10.3 Å². The highest BCUT2D eigenvalue weighted by Crippen LogP contribution is 2.13. The number of amides is 2. The van der Waals surface area contributed by atoms with Gasteiger partial charge in [-0.2, -0.15) is 0 Å². The van der Waals surface area contributed by atoms with Crippen molar-refractivity contribution in [3.8, 4) is 0 Å². The van der Waals surface area contributed by atoms with E-state index in [1.807, 2.05) is 25.3 Å². The van der Waals surface area contributed by atoms with Crippen LogP contribution < -0.4 is 5.32 Å². The van der Waals surface area contributed by atoms with Crippen molar-refractivity contribution in [3.63, 3.8) is 0 Å². The number of carbonyl (C=O) groups is 2. The summed E-state index contributed by atoms with van der Waals surface area (Å²) in [6, 6.07) is 7.34. The normalized spacial score (nSPS) is 10.4. The van der Waals surface area contributed by atoms with Gasteiger partial charge in [-0.3, -0.25) is 9.59 Å². The Morgan fingerprint density at radius 2 is 2.11 bits per heavy atom. The number of carbonyl (C=O) groups excluding carboxylic acids is 2. The van der Waals surface area contributed by atoms with Crippen molar-refractivity contribution in [1.29, 1.82) is 0 Å². The fourth-order valence-electron chi connectivity index (χ4n) is 1.76. The van der Waals surface area contributed by atoms with Gasteiger partial charge in [0.15, 0.2) is 0 Å². The van der Waals surface area contributed by atoms with E-state index in [4.69, 9.17) is 0 Å². The number of fused-ring (bicyclic) bond motifs is 1. The zero-order valence-electron chi connectivity index (χ0n) is 11.1. The van der Waals surface area contributed by atoms with Gasteiger partial charge in [-0.05, 0) is 30.5 Å². The van der Waals surface area contributed by atoms with Gasteiger partial charge in [-0.1, -0.05) is 6.07 Å². The van der Waals surface area contributed by atoms with Gasteiger partial charge < -0.3 is 15.2 Å². The van der Waals surface area contributed by atoms with Crippen LogP contribution >= 0.6 is 0 Å². The van der Waals surface area contributed by atoms with Crippen LogP contribution in [0.5, 0.6) is 0 Å². The Kier molecular flexibility index (Phi) is 3.85. The Hall–Kier alpha value is -2.30. The summed E-state index contributed by atoms with van der Waals surface area (Å²) in [5.74, 6) is -0.342. The summed E-state index contributed by atoms with van der Waals surface area (Å²) in [5, 5.41) is 3.68. The molecule has 1 heterocycles. The van der Waals surface area contributed by atoms with Crippen LogP contribution in [0.2, 0.25) is 0 Å². The summed E-state index contributed by atoms with van der Waals surface area (Å²) in [7, 11) is 1.71. The Labute approximate surface area is 111 Å². The molecule has 0 spiro atoms. The van der Waals surface area contributed by atoms with Crippen molar-refractivity contribution in [1.82, 2.24) is 15.2 Å². The number of aromatic nitrogens is 1. The van der Waals surface area contributed by atoms with E-state index >= 15 is 0 Å². The molecule has 2 aromatic rings. The van der Waals surface area contributed by atoms with Crippen molar-refractivity contribution >= 4 is 22.7 Å². The number of H-pyrrole nitrogens is 1. The van der Waals surface area contributed by atoms with Crippen LogP contribution in [0.1, 0.15) is 17.3 Å². The lowest BCUT2D eigenvalue weighted by molar-refractivity contribution is -0.128. The third kappa shape index (κ3) is 2.93. The minimum atomic E-state index is -0.241. The SMILES string of the molecule is CCN(C)C(=O)CNC(=O)c1ccc2cc[nH]c2c1. The van der Waals surface area contributed by atoms with Gasteiger partial charge in [0.1, 0.15) is 0 Å². The average Bonchev–Trinajstić information content (AvgIpc) is 2.90. The molecule has 1 aromatic carbocycles. The standard InChI is InChI=1S/C14H17N3O2/c1-3-17(2)13(18)9-16-14(19)11-5-4-10-6-7-15-12(10)8-11/h4-8,15H,3,9H2,1-2H3,(H,16,19). The number of aromatic amines is 1. The van der Waals surface area contributed by atoms with Crippen LogP contribution in [-0.4, -0.2) is 41.8 Å². The lowest BCUT2D eigenvalue weighted by Crippen LogP contribution is -2.37. The molecule has 0 aliphatic heterocycles. The van der Waals surface area contributed by atoms with E-state index in [1.165, 1.54) is 0 Å². The molecule has 1 aromatic heterocycles. The Morgan fingerprint density at radius 1 is 1.32 bits per heavy atom. The summed E-state index contributed by atoms with van der Waals surface area (Å²) in [4.78, 5) is 28.1. The quantitative estimate of drug-likeness (QED) is 0.871. The molecule has 0 unspecified atom stereocenters. The molecule has 5 heteroatoms. The maximum atomic E-state index is 11.9. The van der Waals surface area contributed by atoms with E-state index < -0.39 is 0 Å². The molecule has 0 fully saturated rings. The molecule has 2 N–H and O–H groups in total. The third-order valence-corrected chi connectivity index (χ3v) is 3.12. The Balaban J connectivity index is 2.01. The van der Waals surface area contributed by atoms with Gasteiger partial charge in [0, 0.05) is 30.9 Å². The van der Waals surface area contributed by atoms with Gasteiger partial charge >= 0.3 is 0 Å². The monoisotopic (exact) mass is 259 g/mol. The summed E-state index contributed by atoms with van der Waals surface area (Å²) in [6.45, 7) is 2.54. The highest BCUT2D eigenvalue weighted by molar-refractivity contribution is 5.99. The molecule has 0 radical (unpaired) electrons. The van der Waals surface area contributed by atoms with Gasteiger partial charge in [-0.15, -0.1) is 0 Å². The first-order valence-corrected chi connectivity index (χ1v) is 6.21. The van der Waals surface area contributed by atoms with Gasteiger partial charge in [-0.25, -0.2) is 0 Å². The van der Waals surface area contributed by atoms with Gasteiger partial charge in [0.25, 0.3) is 5.91 Å². The van der Waals surface area contributed by atoms with E-state index in [1.54, 1.807) is 24.1 Å². The van der Waals surface area contributed by atoms with E-state index in [0.717, 1.165) is 10.9 Å². The van der Waals surface area contributed by atoms with Crippen LogP contribution in [0, 0.1) is 0 Å². The highest BCUT2D eigenvalue weighted by Gasteiger charge is 2.10. The molecular formula is C14H17N3O2. The predicted octanol–water partition coefficient (Wildman–Crippen LogP) is 1.38. The largest absolute Gasteiger partial charge is 0.361 e. The van der Waals surface area contributed by atoms with E-state index in [-0.39, 0.29) is 18.4 Å². The minimum absolute atomic E-state index is 0.0198. The molecule has 0 atom stereocenters. The van der Waals surface area contributed by atoms with Crippen LogP contribution in [0.25, 0.3) is 10.9 Å². The maximum Gasteiger partial charge on any atom is 0.251 e.